The standard InChI is InChI=1S/C24H22FN3O2/c25-19-6-2-1-5-16(19)15-8-9-20-18(13-15)23-17(22(14-29)27-20)10-12-28(23)24(30)21-7-3-4-11-26-21/h1-9,11,13,17,22-23,27,29H,10,12,14H2/t17-,22-,23-/m1/s1. The zero-order valence-electron chi connectivity index (χ0n) is 16.3. The number of pyridine rings is 1. The van der Waals surface area contributed by atoms with E-state index in [-0.39, 0.29) is 36.3 Å². The quantitative estimate of drug-likeness (QED) is 0.697. The number of amides is 1. The monoisotopic (exact) mass is 403 g/mol. The molecule has 152 valence electrons. The van der Waals surface area contributed by atoms with E-state index < -0.39 is 0 Å². The molecule has 30 heavy (non-hydrogen) atoms. The maximum Gasteiger partial charge on any atom is 0.272 e. The topological polar surface area (TPSA) is 65.5 Å². The van der Waals surface area contributed by atoms with Gasteiger partial charge in [0.1, 0.15) is 11.5 Å². The van der Waals surface area contributed by atoms with E-state index >= 15 is 0 Å². The van der Waals surface area contributed by atoms with Crippen LogP contribution < -0.4 is 5.32 Å². The van der Waals surface area contributed by atoms with Crippen LogP contribution in [-0.2, 0) is 0 Å². The first-order valence-electron chi connectivity index (χ1n) is 10.2. The van der Waals surface area contributed by atoms with Crippen LogP contribution in [0, 0.1) is 11.7 Å². The Morgan fingerprint density at radius 3 is 2.77 bits per heavy atom. The van der Waals surface area contributed by atoms with Gasteiger partial charge in [-0.3, -0.25) is 9.78 Å². The Morgan fingerprint density at radius 1 is 1.17 bits per heavy atom. The Balaban J connectivity index is 1.59. The lowest BCUT2D eigenvalue weighted by Gasteiger charge is -2.39. The number of halogens is 1. The number of anilines is 1. The first-order chi connectivity index (χ1) is 14.7. The van der Waals surface area contributed by atoms with Crippen molar-refractivity contribution in [2.75, 3.05) is 18.5 Å². The van der Waals surface area contributed by atoms with Crippen LogP contribution in [-0.4, -0.2) is 40.1 Å². The molecule has 3 atom stereocenters. The maximum absolute atomic E-state index is 14.4. The molecule has 5 nitrogen and oxygen atoms in total. The van der Waals surface area contributed by atoms with Crippen molar-refractivity contribution >= 4 is 11.6 Å². The van der Waals surface area contributed by atoms with Crippen molar-refractivity contribution in [2.24, 2.45) is 5.92 Å². The van der Waals surface area contributed by atoms with E-state index in [4.69, 9.17) is 0 Å². The fourth-order valence-corrected chi connectivity index (χ4v) is 4.79. The van der Waals surface area contributed by atoms with Crippen LogP contribution in [0.5, 0.6) is 0 Å². The molecular formula is C24H22FN3O2. The van der Waals surface area contributed by atoms with Crippen molar-refractivity contribution in [1.29, 1.82) is 0 Å². The third kappa shape index (κ3) is 3.04. The SMILES string of the molecule is O=C(c1ccccn1)N1CC[C@@H]2[C@@H](CO)Nc3ccc(-c4ccccc4F)cc3[C@@H]21. The summed E-state index contributed by atoms with van der Waals surface area (Å²) in [4.78, 5) is 19.3. The first kappa shape index (κ1) is 18.8. The Kier molecular flexibility index (Phi) is 4.71. The Bertz CT molecular complexity index is 1090. The molecular weight excluding hydrogens is 381 g/mol. The summed E-state index contributed by atoms with van der Waals surface area (Å²) in [5.74, 6) is -0.325. The fraction of sp³-hybridized carbons (Fsp3) is 0.250. The fourth-order valence-electron chi connectivity index (χ4n) is 4.79. The third-order valence-corrected chi connectivity index (χ3v) is 6.20. The van der Waals surface area contributed by atoms with Gasteiger partial charge in [-0.1, -0.05) is 30.3 Å². The second kappa shape index (κ2) is 7.54. The molecule has 2 N–H and O–H groups in total. The molecule has 1 amide bonds. The van der Waals surface area contributed by atoms with Crippen LogP contribution >= 0.6 is 0 Å². The molecule has 0 saturated carbocycles. The molecule has 3 aromatic rings. The minimum Gasteiger partial charge on any atom is -0.394 e. The molecule has 0 radical (unpaired) electrons. The van der Waals surface area contributed by atoms with Crippen LogP contribution in [0.2, 0.25) is 0 Å². The summed E-state index contributed by atoms with van der Waals surface area (Å²) in [6.45, 7) is 0.577. The number of nitrogens with zero attached hydrogens (tertiary/aromatic N) is 2. The number of aliphatic hydroxyl groups excluding tert-OH is 1. The number of benzene rings is 2. The summed E-state index contributed by atoms with van der Waals surface area (Å²) in [5, 5.41) is 13.4. The second-order valence-corrected chi connectivity index (χ2v) is 7.83. The van der Waals surface area contributed by atoms with Gasteiger partial charge in [0.15, 0.2) is 0 Å². The van der Waals surface area contributed by atoms with Gasteiger partial charge in [-0.2, -0.15) is 0 Å². The molecule has 5 rings (SSSR count). The summed E-state index contributed by atoms with van der Waals surface area (Å²) in [5.41, 5.74) is 3.53. The number of rotatable bonds is 3. The van der Waals surface area contributed by atoms with Crippen molar-refractivity contribution in [2.45, 2.75) is 18.5 Å². The van der Waals surface area contributed by atoms with E-state index in [1.165, 1.54) is 6.07 Å². The number of hydrogen-bond donors (Lipinski definition) is 2. The summed E-state index contributed by atoms with van der Waals surface area (Å²) in [6.07, 6.45) is 2.40. The summed E-state index contributed by atoms with van der Waals surface area (Å²) < 4.78 is 14.4. The number of likely N-dealkylation sites (tertiary alicyclic amines) is 1. The molecule has 3 heterocycles. The maximum atomic E-state index is 14.4. The van der Waals surface area contributed by atoms with E-state index in [1.807, 2.05) is 29.2 Å². The van der Waals surface area contributed by atoms with E-state index in [0.717, 1.165) is 23.2 Å². The van der Waals surface area contributed by atoms with Crippen molar-refractivity contribution in [3.05, 3.63) is 83.9 Å². The Labute approximate surface area is 174 Å². The minimum absolute atomic E-state index is 0.0126. The molecule has 2 aliphatic heterocycles. The van der Waals surface area contributed by atoms with E-state index in [9.17, 15) is 14.3 Å². The zero-order chi connectivity index (χ0) is 20.7. The molecule has 1 fully saturated rings. The van der Waals surface area contributed by atoms with E-state index in [0.29, 0.717) is 17.8 Å². The smallest absolute Gasteiger partial charge is 0.272 e. The molecule has 1 aromatic heterocycles. The minimum atomic E-state index is -0.279. The van der Waals surface area contributed by atoms with Crippen molar-refractivity contribution < 1.29 is 14.3 Å². The van der Waals surface area contributed by atoms with Gasteiger partial charge in [0.2, 0.25) is 0 Å². The van der Waals surface area contributed by atoms with E-state index in [1.54, 1.807) is 36.5 Å². The number of aromatic nitrogens is 1. The molecule has 0 unspecified atom stereocenters. The van der Waals surface area contributed by atoms with Gasteiger partial charge in [0, 0.05) is 29.9 Å². The van der Waals surface area contributed by atoms with Crippen LogP contribution in [0.25, 0.3) is 11.1 Å². The molecule has 2 aromatic carbocycles. The first-order valence-corrected chi connectivity index (χ1v) is 10.2. The van der Waals surface area contributed by atoms with Gasteiger partial charge >= 0.3 is 0 Å². The molecule has 0 bridgehead atoms. The normalized spacial score (nSPS) is 22.2. The lowest BCUT2D eigenvalue weighted by atomic mass is 9.82. The molecule has 1 saturated heterocycles. The predicted molar refractivity (Wildman–Crippen MR) is 112 cm³/mol. The average Bonchev–Trinajstić information content (AvgIpc) is 3.24. The highest BCUT2D eigenvalue weighted by Gasteiger charge is 2.46. The summed E-state index contributed by atoms with van der Waals surface area (Å²) in [7, 11) is 0. The largest absolute Gasteiger partial charge is 0.394 e. The third-order valence-electron chi connectivity index (χ3n) is 6.20. The van der Waals surface area contributed by atoms with E-state index in [2.05, 4.69) is 10.3 Å². The Morgan fingerprint density at radius 2 is 2.00 bits per heavy atom. The average molecular weight is 403 g/mol. The number of carbonyl (C=O) groups is 1. The van der Waals surface area contributed by atoms with Crippen LogP contribution in [0.1, 0.15) is 28.5 Å². The zero-order valence-corrected chi connectivity index (χ0v) is 16.3. The lowest BCUT2D eigenvalue weighted by Crippen LogP contribution is -2.43. The van der Waals surface area contributed by atoms with Crippen molar-refractivity contribution in [3.63, 3.8) is 0 Å². The van der Waals surface area contributed by atoms with Gasteiger partial charge in [0.25, 0.3) is 5.91 Å². The number of carbonyl (C=O) groups excluding carboxylic acids is 1. The van der Waals surface area contributed by atoms with Gasteiger partial charge in [-0.25, -0.2) is 4.39 Å². The van der Waals surface area contributed by atoms with Crippen LogP contribution in [0.3, 0.4) is 0 Å². The molecule has 0 aliphatic carbocycles. The lowest BCUT2D eigenvalue weighted by molar-refractivity contribution is 0.0695. The predicted octanol–water partition coefficient (Wildman–Crippen LogP) is 3.88. The summed E-state index contributed by atoms with van der Waals surface area (Å²) in [6, 6.07) is 17.4. The highest BCUT2D eigenvalue weighted by molar-refractivity contribution is 5.93. The molecule has 6 heteroatoms. The van der Waals surface area contributed by atoms with Gasteiger partial charge < -0.3 is 15.3 Å². The van der Waals surface area contributed by atoms with Gasteiger partial charge in [-0.15, -0.1) is 0 Å². The second-order valence-electron chi connectivity index (χ2n) is 7.83. The number of hydrogen-bond acceptors (Lipinski definition) is 4. The number of nitrogens with one attached hydrogen (secondary N) is 1. The summed E-state index contributed by atoms with van der Waals surface area (Å²) >= 11 is 0. The highest BCUT2D eigenvalue weighted by Crippen LogP contribution is 2.47. The highest BCUT2D eigenvalue weighted by atomic mass is 19.1. The van der Waals surface area contributed by atoms with Crippen LogP contribution in [0.4, 0.5) is 10.1 Å². The number of aliphatic hydroxyl groups is 1. The van der Waals surface area contributed by atoms with Crippen molar-refractivity contribution in [1.82, 2.24) is 9.88 Å². The van der Waals surface area contributed by atoms with Crippen LogP contribution in [0.15, 0.2) is 66.9 Å². The molecule has 0 spiro atoms. The number of fused-ring (bicyclic) bond motifs is 3. The van der Waals surface area contributed by atoms with Gasteiger partial charge in [-0.05, 0) is 47.9 Å². The molecule has 2 aliphatic rings. The van der Waals surface area contributed by atoms with Crippen molar-refractivity contribution in [3.8, 4) is 11.1 Å². The Hall–Kier alpha value is -3.25. The van der Waals surface area contributed by atoms with Gasteiger partial charge in [0.05, 0.1) is 18.7 Å².